The average molecular weight is 334 g/mol. The molecule has 3 aromatic rings. The highest BCUT2D eigenvalue weighted by atomic mass is 16.5. The van der Waals surface area contributed by atoms with Crippen molar-refractivity contribution in [2.75, 3.05) is 17.7 Å². The average Bonchev–Trinajstić information content (AvgIpc) is 2.58. The zero-order valence-electron chi connectivity index (χ0n) is 14.9. The molecule has 128 valence electrons. The Morgan fingerprint density at radius 3 is 2.12 bits per heavy atom. The van der Waals surface area contributed by atoms with E-state index < -0.39 is 0 Å². The van der Waals surface area contributed by atoms with Crippen molar-refractivity contribution in [3.8, 4) is 5.75 Å². The van der Waals surface area contributed by atoms with E-state index in [-0.39, 0.29) is 0 Å². The van der Waals surface area contributed by atoms with E-state index in [1.165, 1.54) is 11.1 Å². The fourth-order valence-electron chi connectivity index (χ4n) is 2.61. The molecule has 0 unspecified atom stereocenters. The molecule has 25 heavy (non-hydrogen) atoms. The molecule has 0 radical (unpaired) electrons. The number of anilines is 4. The van der Waals surface area contributed by atoms with Crippen molar-refractivity contribution in [1.82, 2.24) is 9.97 Å². The largest absolute Gasteiger partial charge is 0.497 e. The first kappa shape index (κ1) is 16.8. The second kappa shape index (κ2) is 7.21. The third-order valence-electron chi connectivity index (χ3n) is 3.85. The van der Waals surface area contributed by atoms with E-state index in [9.17, 15) is 0 Å². The van der Waals surface area contributed by atoms with Crippen LogP contribution in [-0.4, -0.2) is 17.1 Å². The maximum atomic E-state index is 5.18. The minimum absolute atomic E-state index is 0.700. The van der Waals surface area contributed by atoms with Gasteiger partial charge in [-0.15, -0.1) is 0 Å². The summed E-state index contributed by atoms with van der Waals surface area (Å²) in [5.41, 5.74) is 4.40. The molecule has 0 bridgehead atoms. The van der Waals surface area contributed by atoms with Gasteiger partial charge in [-0.05, 0) is 56.7 Å². The third kappa shape index (κ3) is 4.26. The molecular weight excluding hydrogens is 312 g/mol. The lowest BCUT2D eigenvalue weighted by Gasteiger charge is -2.12. The van der Waals surface area contributed by atoms with Gasteiger partial charge >= 0.3 is 0 Å². The van der Waals surface area contributed by atoms with Crippen LogP contribution < -0.4 is 15.4 Å². The van der Waals surface area contributed by atoms with Crippen molar-refractivity contribution >= 4 is 23.0 Å². The predicted octanol–water partition coefficient (Wildman–Crippen LogP) is 4.90. The second-order valence-corrected chi connectivity index (χ2v) is 5.98. The lowest BCUT2D eigenvalue weighted by molar-refractivity contribution is 0.415. The van der Waals surface area contributed by atoms with Crippen molar-refractivity contribution in [2.45, 2.75) is 20.8 Å². The van der Waals surface area contributed by atoms with Gasteiger partial charge in [0.25, 0.3) is 0 Å². The Labute approximate surface area is 148 Å². The van der Waals surface area contributed by atoms with Crippen molar-refractivity contribution in [1.29, 1.82) is 0 Å². The van der Waals surface area contributed by atoms with Crippen LogP contribution in [0.2, 0.25) is 0 Å². The van der Waals surface area contributed by atoms with Crippen LogP contribution in [0.25, 0.3) is 0 Å². The number of nitrogens with zero attached hydrogens (tertiary/aromatic N) is 2. The molecule has 2 N–H and O–H groups in total. The minimum atomic E-state index is 0.700. The first-order valence-corrected chi connectivity index (χ1v) is 8.14. The van der Waals surface area contributed by atoms with Gasteiger partial charge in [0.2, 0.25) is 0 Å². The lowest BCUT2D eigenvalue weighted by atomic mass is 10.1. The number of rotatable bonds is 5. The monoisotopic (exact) mass is 334 g/mol. The zero-order valence-corrected chi connectivity index (χ0v) is 14.9. The molecule has 5 nitrogen and oxygen atoms in total. The van der Waals surface area contributed by atoms with Gasteiger partial charge in [-0.3, -0.25) is 0 Å². The highest BCUT2D eigenvalue weighted by Crippen LogP contribution is 2.24. The lowest BCUT2D eigenvalue weighted by Crippen LogP contribution is -2.02. The summed E-state index contributed by atoms with van der Waals surface area (Å²) in [4.78, 5) is 8.94. The topological polar surface area (TPSA) is 59.1 Å². The van der Waals surface area contributed by atoms with Crippen LogP contribution in [0, 0.1) is 20.8 Å². The number of ether oxygens (including phenoxy) is 1. The smallest absolute Gasteiger partial charge is 0.136 e. The Balaban J connectivity index is 1.82. The number of benzene rings is 2. The summed E-state index contributed by atoms with van der Waals surface area (Å²) in [6.07, 6.45) is 0. The van der Waals surface area contributed by atoms with Crippen LogP contribution in [0.5, 0.6) is 5.75 Å². The minimum Gasteiger partial charge on any atom is -0.497 e. The van der Waals surface area contributed by atoms with Gasteiger partial charge in [0.15, 0.2) is 0 Å². The number of aromatic nitrogens is 2. The van der Waals surface area contributed by atoms with Crippen LogP contribution in [-0.2, 0) is 0 Å². The molecule has 0 saturated carbocycles. The SMILES string of the molecule is COc1ccc(Nc2cc(Nc3ccc(C)cc3C)nc(C)n2)cc1. The van der Waals surface area contributed by atoms with E-state index >= 15 is 0 Å². The number of nitrogens with one attached hydrogen (secondary N) is 2. The molecular formula is C20H22N4O. The molecule has 0 aliphatic heterocycles. The quantitative estimate of drug-likeness (QED) is 0.695. The van der Waals surface area contributed by atoms with Crippen molar-refractivity contribution in [3.63, 3.8) is 0 Å². The maximum Gasteiger partial charge on any atom is 0.136 e. The van der Waals surface area contributed by atoms with Gasteiger partial charge in [-0.25, -0.2) is 9.97 Å². The van der Waals surface area contributed by atoms with Crippen LogP contribution >= 0.6 is 0 Å². The zero-order chi connectivity index (χ0) is 17.8. The third-order valence-corrected chi connectivity index (χ3v) is 3.85. The molecule has 0 fully saturated rings. The molecule has 1 aromatic heterocycles. The molecule has 0 aliphatic rings. The van der Waals surface area contributed by atoms with Gasteiger partial charge in [-0.1, -0.05) is 17.7 Å². The number of hydrogen-bond donors (Lipinski definition) is 2. The predicted molar refractivity (Wildman–Crippen MR) is 102 cm³/mol. The second-order valence-electron chi connectivity index (χ2n) is 5.98. The molecule has 0 spiro atoms. The van der Waals surface area contributed by atoms with Gasteiger partial charge in [0, 0.05) is 17.4 Å². The molecule has 5 heteroatoms. The van der Waals surface area contributed by atoms with E-state index in [4.69, 9.17) is 4.74 Å². The highest BCUT2D eigenvalue weighted by Gasteiger charge is 2.05. The number of aryl methyl sites for hydroxylation is 3. The molecule has 0 aliphatic carbocycles. The van der Waals surface area contributed by atoms with Gasteiger partial charge in [0.05, 0.1) is 7.11 Å². The first-order chi connectivity index (χ1) is 12.0. The summed E-state index contributed by atoms with van der Waals surface area (Å²) < 4.78 is 5.18. The fourth-order valence-corrected chi connectivity index (χ4v) is 2.61. The number of hydrogen-bond acceptors (Lipinski definition) is 5. The normalized spacial score (nSPS) is 10.4. The van der Waals surface area contributed by atoms with E-state index in [0.717, 1.165) is 28.8 Å². The van der Waals surface area contributed by atoms with Crippen molar-refractivity contribution in [3.05, 3.63) is 65.5 Å². The van der Waals surface area contributed by atoms with E-state index in [2.05, 4.69) is 52.6 Å². The maximum absolute atomic E-state index is 5.18. The van der Waals surface area contributed by atoms with Gasteiger partial charge < -0.3 is 15.4 Å². The van der Waals surface area contributed by atoms with Crippen molar-refractivity contribution in [2.24, 2.45) is 0 Å². The highest BCUT2D eigenvalue weighted by molar-refractivity contribution is 5.65. The molecule has 0 atom stereocenters. The summed E-state index contributed by atoms with van der Waals surface area (Å²) >= 11 is 0. The Morgan fingerprint density at radius 1 is 0.800 bits per heavy atom. The molecule has 3 rings (SSSR count). The van der Waals surface area contributed by atoms with Gasteiger partial charge in [-0.2, -0.15) is 0 Å². The summed E-state index contributed by atoms with van der Waals surface area (Å²) in [6.45, 7) is 6.05. The molecule has 2 aromatic carbocycles. The van der Waals surface area contributed by atoms with E-state index in [1.807, 2.05) is 37.3 Å². The molecule has 0 amide bonds. The van der Waals surface area contributed by atoms with E-state index in [0.29, 0.717) is 5.82 Å². The summed E-state index contributed by atoms with van der Waals surface area (Å²) in [6, 6.07) is 15.9. The van der Waals surface area contributed by atoms with E-state index in [1.54, 1.807) is 7.11 Å². The molecule has 0 saturated heterocycles. The summed E-state index contributed by atoms with van der Waals surface area (Å²) in [5.74, 6) is 3.02. The Morgan fingerprint density at radius 2 is 1.48 bits per heavy atom. The Bertz CT molecular complexity index is 875. The Kier molecular flexibility index (Phi) is 4.84. The Hall–Kier alpha value is -3.08. The summed E-state index contributed by atoms with van der Waals surface area (Å²) in [5, 5.41) is 6.67. The van der Waals surface area contributed by atoms with Gasteiger partial charge in [0.1, 0.15) is 23.2 Å². The summed E-state index contributed by atoms with van der Waals surface area (Å²) in [7, 11) is 1.65. The first-order valence-electron chi connectivity index (χ1n) is 8.14. The molecule has 1 heterocycles. The van der Waals surface area contributed by atoms with Crippen LogP contribution in [0.3, 0.4) is 0 Å². The fraction of sp³-hybridized carbons (Fsp3) is 0.200. The van der Waals surface area contributed by atoms with Crippen LogP contribution in [0.15, 0.2) is 48.5 Å². The standard InChI is InChI=1S/C20H22N4O/c1-13-5-10-18(14(2)11-13)24-20-12-19(21-15(3)22-20)23-16-6-8-17(25-4)9-7-16/h5-12H,1-4H3,(H2,21,22,23,24). The number of methoxy groups -OCH3 is 1. The van der Waals surface area contributed by atoms with Crippen LogP contribution in [0.4, 0.5) is 23.0 Å². The van der Waals surface area contributed by atoms with Crippen molar-refractivity contribution < 1.29 is 4.74 Å². The van der Waals surface area contributed by atoms with Crippen LogP contribution in [0.1, 0.15) is 17.0 Å².